The highest BCUT2D eigenvalue weighted by atomic mass is 31.2. The molecule has 4 rings (SSSR count). The predicted molar refractivity (Wildman–Crippen MR) is 109 cm³/mol. The van der Waals surface area contributed by atoms with Crippen LogP contribution < -0.4 is 4.90 Å². The van der Waals surface area contributed by atoms with Crippen LogP contribution in [-0.4, -0.2) is 42.8 Å². The summed E-state index contributed by atoms with van der Waals surface area (Å²) in [4.78, 5) is 2.22. The number of hydrogen-bond donors (Lipinski definition) is 0. The highest BCUT2D eigenvalue weighted by Gasteiger charge is 2.49. The third kappa shape index (κ3) is 2.40. The van der Waals surface area contributed by atoms with Gasteiger partial charge in [0.2, 0.25) is 0 Å². The molecule has 0 aliphatic carbocycles. The smallest absolute Gasteiger partial charge is 0.287 e. The van der Waals surface area contributed by atoms with E-state index < -0.39 is 7.44 Å². The van der Waals surface area contributed by atoms with E-state index in [1.807, 2.05) is 13.3 Å². The minimum absolute atomic E-state index is 0.195. The Morgan fingerprint density at radius 3 is 2.35 bits per heavy atom. The third-order valence-corrected chi connectivity index (χ3v) is 9.14. The molecule has 0 aromatic heterocycles. The molecule has 0 spiro atoms. The molecule has 1 aromatic rings. The molecule has 0 saturated carbocycles. The Morgan fingerprint density at radius 1 is 1.04 bits per heavy atom. The zero-order chi connectivity index (χ0) is 18.5. The Morgan fingerprint density at radius 2 is 1.69 bits per heavy atom. The summed E-state index contributed by atoms with van der Waals surface area (Å²) in [5, 5.41) is 5.41. The number of hydrogen-bond acceptors (Lipinski definition) is 3. The number of allylic oxidation sites excluding steroid dienone is 2. The molecule has 3 aliphatic rings. The van der Waals surface area contributed by atoms with Crippen LogP contribution in [0.25, 0.3) is 0 Å². The Hall–Kier alpha value is -1.58. The van der Waals surface area contributed by atoms with Crippen LogP contribution in [0.15, 0.2) is 40.4 Å². The maximum absolute atomic E-state index is 14.4. The van der Waals surface area contributed by atoms with Gasteiger partial charge in [-0.05, 0) is 24.5 Å². The van der Waals surface area contributed by atoms with E-state index in [2.05, 4.69) is 59.8 Å². The van der Waals surface area contributed by atoms with E-state index in [9.17, 15) is 4.57 Å². The Bertz CT molecular complexity index is 821. The van der Waals surface area contributed by atoms with Gasteiger partial charge in [0.25, 0.3) is 7.44 Å². The average Bonchev–Trinajstić information content (AvgIpc) is 2.91. The molecule has 1 unspecified atom stereocenters. The molecule has 3 heterocycles. The monoisotopic (exact) mass is 372 g/mol. The fourth-order valence-corrected chi connectivity index (χ4v) is 7.66. The SMILES string of the molecule is CN1/C(=C2\C=NN(C)P2(=O)N2CCCCCC2)C(C)(C)c2ccccc21. The molecule has 5 nitrogen and oxygen atoms in total. The van der Waals surface area contributed by atoms with Gasteiger partial charge in [-0.1, -0.05) is 44.9 Å². The van der Waals surface area contributed by atoms with Crippen LogP contribution in [0.4, 0.5) is 5.69 Å². The minimum atomic E-state index is -2.89. The van der Waals surface area contributed by atoms with Gasteiger partial charge in [-0.25, -0.2) is 9.45 Å². The fraction of sp³-hybridized carbons (Fsp3) is 0.550. The molecule has 0 amide bonds. The highest BCUT2D eigenvalue weighted by molar-refractivity contribution is 7.65. The summed E-state index contributed by atoms with van der Waals surface area (Å²) in [6.07, 6.45) is 6.53. The van der Waals surface area contributed by atoms with Gasteiger partial charge >= 0.3 is 0 Å². The van der Waals surface area contributed by atoms with Crippen molar-refractivity contribution < 1.29 is 4.57 Å². The van der Waals surface area contributed by atoms with Crippen LogP contribution in [0, 0.1) is 0 Å². The van der Waals surface area contributed by atoms with Crippen molar-refractivity contribution in [1.82, 2.24) is 9.45 Å². The number of anilines is 1. The Kier molecular flexibility index (Phi) is 4.28. The zero-order valence-electron chi connectivity index (χ0n) is 16.3. The van der Waals surface area contributed by atoms with Crippen LogP contribution in [-0.2, 0) is 9.98 Å². The van der Waals surface area contributed by atoms with E-state index in [-0.39, 0.29) is 5.41 Å². The standard InChI is InChI=1S/C20H29N4OP/c1-20(2)16-11-7-8-12-17(16)22(3)19(20)18-15-21-23(4)26(18,25)24-13-9-5-6-10-14-24/h7-8,11-12,15H,5-6,9-10,13-14H2,1-4H3/b19-18+. The maximum atomic E-state index is 14.4. The number of benzene rings is 1. The van der Waals surface area contributed by atoms with Gasteiger partial charge in [0, 0.05) is 44.0 Å². The van der Waals surface area contributed by atoms with Gasteiger partial charge in [-0.2, -0.15) is 5.10 Å². The van der Waals surface area contributed by atoms with Crippen LogP contribution in [0.5, 0.6) is 0 Å². The summed E-state index contributed by atoms with van der Waals surface area (Å²) in [5.74, 6) is 0. The summed E-state index contributed by atoms with van der Waals surface area (Å²) in [5.41, 5.74) is 3.42. The van der Waals surface area contributed by atoms with Crippen molar-refractivity contribution in [2.45, 2.75) is 44.9 Å². The minimum Gasteiger partial charge on any atom is -0.346 e. The third-order valence-electron chi connectivity index (χ3n) is 6.13. The molecular formula is C20H29N4OP. The summed E-state index contributed by atoms with van der Waals surface area (Å²) >= 11 is 0. The zero-order valence-corrected chi connectivity index (χ0v) is 17.2. The first-order valence-electron chi connectivity index (χ1n) is 9.60. The number of rotatable bonds is 1. The number of nitrogens with zero attached hydrogens (tertiary/aromatic N) is 4. The van der Waals surface area contributed by atoms with E-state index in [0.717, 1.165) is 36.9 Å². The van der Waals surface area contributed by atoms with Crippen molar-refractivity contribution in [2.24, 2.45) is 5.10 Å². The van der Waals surface area contributed by atoms with Crippen LogP contribution in [0.3, 0.4) is 0 Å². The molecule has 6 heteroatoms. The summed E-state index contributed by atoms with van der Waals surface area (Å²) in [6.45, 7) is 6.24. The molecule has 1 atom stereocenters. The second kappa shape index (κ2) is 6.24. The van der Waals surface area contributed by atoms with Crippen molar-refractivity contribution in [3.8, 4) is 0 Å². The first-order valence-corrected chi connectivity index (χ1v) is 11.2. The lowest BCUT2D eigenvalue weighted by Crippen LogP contribution is -2.31. The molecule has 140 valence electrons. The van der Waals surface area contributed by atoms with Gasteiger partial charge < -0.3 is 4.90 Å². The summed E-state index contributed by atoms with van der Waals surface area (Å²) in [7, 11) is 1.07. The lowest BCUT2D eigenvalue weighted by Gasteiger charge is -2.35. The van der Waals surface area contributed by atoms with Crippen molar-refractivity contribution >= 4 is 19.3 Å². The van der Waals surface area contributed by atoms with Crippen LogP contribution in [0.1, 0.15) is 45.1 Å². The number of likely N-dealkylation sites (N-methyl/N-ethyl adjacent to an activating group) is 1. The molecule has 3 aliphatic heterocycles. The van der Waals surface area contributed by atoms with E-state index >= 15 is 0 Å². The summed E-state index contributed by atoms with van der Waals surface area (Å²) in [6, 6.07) is 8.50. The van der Waals surface area contributed by atoms with Crippen molar-refractivity contribution in [3.63, 3.8) is 0 Å². The van der Waals surface area contributed by atoms with Crippen molar-refractivity contribution in [1.29, 1.82) is 0 Å². The molecule has 0 N–H and O–H groups in total. The Labute approximate surface area is 156 Å². The van der Waals surface area contributed by atoms with Crippen molar-refractivity contribution in [2.75, 3.05) is 32.1 Å². The maximum Gasteiger partial charge on any atom is 0.287 e. The normalized spacial score (nSPS) is 31.4. The van der Waals surface area contributed by atoms with Crippen LogP contribution in [0.2, 0.25) is 0 Å². The van der Waals surface area contributed by atoms with Crippen LogP contribution >= 0.6 is 7.44 Å². The van der Waals surface area contributed by atoms with E-state index in [1.54, 1.807) is 4.78 Å². The average molecular weight is 372 g/mol. The largest absolute Gasteiger partial charge is 0.346 e. The fourth-order valence-electron chi connectivity index (χ4n) is 4.75. The first kappa shape index (κ1) is 17.8. The van der Waals surface area contributed by atoms with Gasteiger partial charge in [-0.15, -0.1) is 0 Å². The molecule has 1 saturated heterocycles. The number of hydrazone groups is 1. The van der Waals surface area contributed by atoms with Crippen molar-refractivity contribution in [3.05, 3.63) is 40.8 Å². The second-order valence-electron chi connectivity index (χ2n) is 8.08. The lowest BCUT2D eigenvalue weighted by molar-refractivity contribution is 0.378. The predicted octanol–water partition coefficient (Wildman–Crippen LogP) is 4.63. The first-order chi connectivity index (χ1) is 12.4. The topological polar surface area (TPSA) is 39.1 Å². The summed E-state index contributed by atoms with van der Waals surface area (Å²) < 4.78 is 18.3. The lowest BCUT2D eigenvalue weighted by atomic mass is 9.84. The number of para-hydroxylation sites is 1. The molecule has 0 bridgehead atoms. The van der Waals surface area contributed by atoms with E-state index in [0.29, 0.717) is 0 Å². The van der Waals surface area contributed by atoms with Gasteiger partial charge in [0.15, 0.2) is 0 Å². The van der Waals surface area contributed by atoms with Gasteiger partial charge in [0.05, 0.1) is 11.5 Å². The highest BCUT2D eigenvalue weighted by Crippen LogP contribution is 2.65. The molecule has 26 heavy (non-hydrogen) atoms. The Balaban J connectivity index is 1.87. The quantitative estimate of drug-likeness (QED) is 0.674. The van der Waals surface area contributed by atoms with E-state index in [1.165, 1.54) is 24.1 Å². The van der Waals surface area contributed by atoms with Gasteiger partial charge in [-0.3, -0.25) is 4.57 Å². The number of fused-ring (bicyclic) bond motifs is 1. The molecule has 0 radical (unpaired) electrons. The molecular weight excluding hydrogens is 343 g/mol. The molecule has 1 aromatic carbocycles. The second-order valence-corrected chi connectivity index (χ2v) is 10.8. The van der Waals surface area contributed by atoms with E-state index in [4.69, 9.17) is 0 Å². The molecule has 1 fully saturated rings. The van der Waals surface area contributed by atoms with Gasteiger partial charge in [0.1, 0.15) is 0 Å².